The Morgan fingerprint density at radius 1 is 1.12 bits per heavy atom. The summed E-state index contributed by atoms with van der Waals surface area (Å²) in [7, 11) is -8.42. The zero-order chi connectivity index (χ0) is 29.5. The maximum absolute atomic E-state index is 15.4. The van der Waals surface area contributed by atoms with Gasteiger partial charge in [-0.1, -0.05) is 6.07 Å². The van der Waals surface area contributed by atoms with Crippen LogP contribution in [-0.2, 0) is 19.1 Å². The molecule has 2 aromatic carbocycles. The van der Waals surface area contributed by atoms with Crippen molar-refractivity contribution in [2.75, 3.05) is 52.4 Å². The molecule has 0 spiro atoms. The van der Waals surface area contributed by atoms with Gasteiger partial charge in [-0.25, -0.2) is 21.6 Å². The first kappa shape index (κ1) is 29.7. The minimum atomic E-state index is -4.76. The number of thiophene rings is 1. The number of fused-ring (bicyclic) bond motifs is 4. The van der Waals surface area contributed by atoms with Gasteiger partial charge in [-0.2, -0.15) is 14.4 Å². The molecule has 1 N–H and O–H groups in total. The molecular formula is C24H22F4N4O6PS2+. The fourth-order valence-corrected chi connectivity index (χ4v) is 7.92. The number of sulfonamides is 1. The molecule has 3 aromatic rings. The molecule has 2 unspecified atom stereocenters. The summed E-state index contributed by atoms with van der Waals surface area (Å²) in [5, 5.41) is 8.22. The van der Waals surface area contributed by atoms with Gasteiger partial charge in [-0.05, 0) is 22.8 Å². The third-order valence-electron chi connectivity index (χ3n) is 7.36. The van der Waals surface area contributed by atoms with Crippen LogP contribution in [0, 0.1) is 34.6 Å². The fraction of sp³-hybridized carbons (Fsp3) is 0.375. The molecule has 2 bridgehead atoms. The number of hydrogen-bond donors (Lipinski definition) is 1. The Hall–Kier alpha value is -2.74. The fourth-order valence-electron chi connectivity index (χ4n) is 5.00. The molecular weight excluding hydrogens is 611 g/mol. The number of halogens is 4. The van der Waals surface area contributed by atoms with Crippen molar-refractivity contribution in [2.45, 2.75) is 10.4 Å². The quantitative estimate of drug-likeness (QED) is 0.119. The summed E-state index contributed by atoms with van der Waals surface area (Å²) in [5.74, 6) is -6.43. The zero-order valence-electron chi connectivity index (χ0n) is 21.1. The molecule has 6 rings (SSSR count). The maximum atomic E-state index is 15.4. The Labute approximate surface area is 236 Å². The molecule has 2 atom stereocenters. The van der Waals surface area contributed by atoms with Crippen LogP contribution in [0.5, 0.6) is 5.75 Å². The third kappa shape index (κ3) is 5.95. The summed E-state index contributed by atoms with van der Waals surface area (Å²) in [6, 6.07) is 4.99. The minimum Gasteiger partial charge on any atom is -0.566 e. The van der Waals surface area contributed by atoms with Crippen LogP contribution in [0.15, 0.2) is 28.5 Å². The van der Waals surface area contributed by atoms with Crippen molar-refractivity contribution in [3.63, 3.8) is 0 Å². The second-order valence-corrected chi connectivity index (χ2v) is 13.3. The van der Waals surface area contributed by atoms with Crippen molar-refractivity contribution >= 4 is 39.7 Å². The van der Waals surface area contributed by atoms with E-state index >= 15 is 4.39 Å². The monoisotopic (exact) mass is 633 g/mol. The Kier molecular flexibility index (Phi) is 8.34. The molecule has 10 nitrogen and oxygen atoms in total. The second-order valence-electron chi connectivity index (χ2n) is 9.69. The first-order chi connectivity index (χ1) is 19.4. The average molecular weight is 634 g/mol. The van der Waals surface area contributed by atoms with Crippen molar-refractivity contribution in [2.24, 2.45) is 0 Å². The topological polar surface area (TPSA) is 132 Å². The van der Waals surface area contributed by atoms with Gasteiger partial charge in [0.2, 0.25) is 12.0 Å². The van der Waals surface area contributed by atoms with Gasteiger partial charge in [-0.15, -0.1) is 15.9 Å². The minimum absolute atomic E-state index is 0.0790. The van der Waals surface area contributed by atoms with E-state index in [1.165, 1.54) is 0 Å². The van der Waals surface area contributed by atoms with Crippen LogP contribution < -0.4 is 14.4 Å². The van der Waals surface area contributed by atoms with E-state index in [0.717, 1.165) is 55.9 Å². The highest BCUT2D eigenvalue weighted by atomic mass is 32.2. The molecule has 0 amide bonds. The molecule has 4 heterocycles. The SMILES string of the molecule is N#Cc1ccc(C(NS(=O)(=O)c2cc3c(F)c(F)c(OCC[N+]45CCN(CC4)CC5)c(F)c3s2)O[P+](=O)[O-])cc1F. The summed E-state index contributed by atoms with van der Waals surface area (Å²) >= 11 is 0.260. The van der Waals surface area contributed by atoms with E-state index in [9.17, 15) is 31.0 Å². The molecule has 1 aromatic heterocycles. The van der Waals surface area contributed by atoms with Gasteiger partial charge in [0.1, 0.15) is 29.2 Å². The van der Waals surface area contributed by atoms with Crippen LogP contribution in [-0.4, -0.2) is 70.2 Å². The van der Waals surface area contributed by atoms with E-state index < -0.39 is 67.8 Å². The predicted octanol–water partition coefficient (Wildman–Crippen LogP) is 2.87. The number of ether oxygens (including phenoxy) is 1. The van der Waals surface area contributed by atoms with Crippen molar-refractivity contribution in [1.82, 2.24) is 9.62 Å². The lowest BCUT2D eigenvalue weighted by atomic mass is 10.1. The molecule has 0 radical (unpaired) electrons. The Morgan fingerprint density at radius 3 is 2.41 bits per heavy atom. The van der Waals surface area contributed by atoms with E-state index in [0.29, 0.717) is 18.7 Å². The van der Waals surface area contributed by atoms with E-state index in [-0.39, 0.29) is 29.1 Å². The number of nitriles is 1. The summed E-state index contributed by atoms with van der Waals surface area (Å²) in [4.78, 5) is 13.6. The van der Waals surface area contributed by atoms with Gasteiger partial charge in [0.15, 0.2) is 17.4 Å². The number of piperazine rings is 3. The first-order valence-corrected chi connectivity index (χ1v) is 15.7. The van der Waals surface area contributed by atoms with Gasteiger partial charge < -0.3 is 14.1 Å². The van der Waals surface area contributed by atoms with Crippen LogP contribution in [0.1, 0.15) is 17.4 Å². The molecule has 3 aliphatic heterocycles. The van der Waals surface area contributed by atoms with E-state index in [1.807, 2.05) is 4.72 Å². The van der Waals surface area contributed by atoms with Crippen LogP contribution in [0.2, 0.25) is 0 Å². The summed E-state index contributed by atoms with van der Waals surface area (Å²) < 4.78 is 108. The molecule has 0 saturated carbocycles. The van der Waals surface area contributed by atoms with Crippen molar-refractivity contribution in [3.05, 3.63) is 58.7 Å². The molecule has 41 heavy (non-hydrogen) atoms. The molecule has 3 aliphatic rings. The van der Waals surface area contributed by atoms with E-state index in [1.54, 1.807) is 6.07 Å². The predicted molar refractivity (Wildman–Crippen MR) is 136 cm³/mol. The smallest absolute Gasteiger partial charge is 0.490 e. The number of quaternary nitrogens is 1. The standard InChI is InChI=1S/C24H22F4N4O6PS2/c25-17-11-14(1-2-15(17)13-29)24(38-39(33)34)30-41(35,36)18-12-16-19(26)20(27)22(21(28)23(16)40-18)37-10-9-32-6-3-31(4-7-32)5-8-32/h1-2,11-12,24,30H,3-10H2/q+1. The highest BCUT2D eigenvalue weighted by Crippen LogP contribution is 2.40. The Morgan fingerprint density at radius 2 is 1.80 bits per heavy atom. The molecule has 218 valence electrons. The highest BCUT2D eigenvalue weighted by Gasteiger charge is 2.38. The van der Waals surface area contributed by atoms with Gasteiger partial charge in [0.05, 0.1) is 29.9 Å². The lowest BCUT2D eigenvalue weighted by molar-refractivity contribution is -0.940. The van der Waals surface area contributed by atoms with Gasteiger partial charge in [0, 0.05) is 30.6 Å². The average Bonchev–Trinajstić information content (AvgIpc) is 3.41. The van der Waals surface area contributed by atoms with Crippen molar-refractivity contribution < 1.29 is 49.2 Å². The van der Waals surface area contributed by atoms with E-state index in [4.69, 9.17) is 10.00 Å². The van der Waals surface area contributed by atoms with Gasteiger partial charge in [0.25, 0.3) is 10.0 Å². The van der Waals surface area contributed by atoms with Gasteiger partial charge in [-0.3, -0.25) is 4.90 Å². The van der Waals surface area contributed by atoms with Crippen LogP contribution in [0.4, 0.5) is 17.6 Å². The third-order valence-corrected chi connectivity index (χ3v) is 10.7. The Balaban J connectivity index is 1.41. The Bertz CT molecular complexity index is 1660. The number of rotatable bonds is 10. The van der Waals surface area contributed by atoms with Crippen molar-refractivity contribution in [3.8, 4) is 11.8 Å². The normalized spacial score (nSPS) is 21.6. The molecule has 3 fully saturated rings. The molecule has 3 saturated heterocycles. The second kappa shape index (κ2) is 11.5. The maximum Gasteiger partial charge on any atom is 0.490 e. The summed E-state index contributed by atoms with van der Waals surface area (Å²) in [6.07, 6.45) is -1.98. The lowest BCUT2D eigenvalue weighted by Crippen LogP contribution is -2.68. The molecule has 17 heteroatoms. The number of nitrogens with zero attached hydrogens (tertiary/aromatic N) is 3. The van der Waals surface area contributed by atoms with Crippen LogP contribution in [0.25, 0.3) is 10.1 Å². The van der Waals surface area contributed by atoms with Crippen LogP contribution in [0.3, 0.4) is 0 Å². The highest BCUT2D eigenvalue weighted by molar-refractivity contribution is 7.91. The van der Waals surface area contributed by atoms with E-state index in [2.05, 4.69) is 9.42 Å². The zero-order valence-corrected chi connectivity index (χ0v) is 23.6. The first-order valence-electron chi connectivity index (χ1n) is 12.3. The summed E-state index contributed by atoms with van der Waals surface area (Å²) in [6.45, 7) is 5.78. The largest absolute Gasteiger partial charge is 0.566 e. The number of benzene rings is 2. The van der Waals surface area contributed by atoms with Gasteiger partial charge >= 0.3 is 8.25 Å². The summed E-state index contributed by atoms with van der Waals surface area (Å²) in [5.41, 5.74) is -0.703. The lowest BCUT2D eigenvalue weighted by Gasteiger charge is -2.50. The number of hydrogen-bond acceptors (Lipinski definition) is 9. The van der Waals surface area contributed by atoms with Crippen molar-refractivity contribution in [1.29, 1.82) is 5.26 Å². The molecule has 0 aliphatic carbocycles. The number of nitrogens with one attached hydrogen (secondary N) is 1. The van der Waals surface area contributed by atoms with Crippen LogP contribution >= 0.6 is 19.6 Å².